The monoisotopic (exact) mass is 143 g/mol. The van der Waals surface area contributed by atoms with E-state index in [0.717, 1.165) is 0 Å². The Bertz CT molecular complexity index is 194. The summed E-state index contributed by atoms with van der Waals surface area (Å²) in [7, 11) is 1.75. The largest absolute Gasteiger partial charge is 0.232 e. The van der Waals surface area contributed by atoms with E-state index in [1.54, 1.807) is 11.7 Å². The van der Waals surface area contributed by atoms with Crippen molar-refractivity contribution in [2.24, 2.45) is 7.05 Å². The Morgan fingerprint density at radius 2 is 2.44 bits per heavy atom. The normalized spacial score (nSPS) is 13.7. The molecule has 0 aliphatic heterocycles. The van der Waals surface area contributed by atoms with Gasteiger partial charge in [-0.15, -0.1) is 5.10 Å². The van der Waals surface area contributed by atoms with Crippen LogP contribution >= 0.6 is 12.6 Å². The molecular weight excluding hydrogens is 136 g/mol. The van der Waals surface area contributed by atoms with Gasteiger partial charge in [0.25, 0.3) is 0 Å². The second-order valence-corrected chi connectivity index (χ2v) is 2.30. The van der Waals surface area contributed by atoms with Crippen LogP contribution in [0.2, 0.25) is 0 Å². The molecule has 0 spiro atoms. The molecule has 1 radical (unpaired) electrons. The third-order valence-electron chi connectivity index (χ3n) is 0.951. The lowest BCUT2D eigenvalue weighted by Gasteiger charge is -1.97. The van der Waals surface area contributed by atoms with Crippen LogP contribution in [0.3, 0.4) is 0 Å². The molecule has 4 nitrogen and oxygen atoms in total. The Morgan fingerprint density at radius 1 is 1.78 bits per heavy atom. The van der Waals surface area contributed by atoms with Crippen LogP contribution in [0.1, 0.15) is 11.1 Å². The van der Waals surface area contributed by atoms with Crippen molar-refractivity contribution < 1.29 is 0 Å². The van der Waals surface area contributed by atoms with Crippen LogP contribution in [0, 0.1) is 6.92 Å². The SMILES string of the molecule is [CH2]C(S)c1nnnn1C. The van der Waals surface area contributed by atoms with E-state index >= 15 is 0 Å². The van der Waals surface area contributed by atoms with E-state index in [4.69, 9.17) is 0 Å². The Morgan fingerprint density at radius 3 is 2.67 bits per heavy atom. The van der Waals surface area contributed by atoms with Crippen LogP contribution in [0.4, 0.5) is 0 Å². The predicted molar refractivity (Wildman–Crippen MR) is 35.9 cm³/mol. The maximum Gasteiger partial charge on any atom is 0.163 e. The van der Waals surface area contributed by atoms with E-state index in [1.165, 1.54) is 0 Å². The number of hydrogen-bond donors (Lipinski definition) is 1. The standard InChI is InChI=1S/C4H7N4S/c1-3(9)4-5-6-7-8(4)2/h3,9H,1H2,2H3. The molecule has 0 aliphatic rings. The summed E-state index contributed by atoms with van der Waals surface area (Å²) in [4.78, 5) is 0. The van der Waals surface area contributed by atoms with Crippen molar-refractivity contribution in [2.75, 3.05) is 0 Å². The van der Waals surface area contributed by atoms with Gasteiger partial charge in [-0.1, -0.05) is 0 Å². The van der Waals surface area contributed by atoms with Crippen LogP contribution in [0.5, 0.6) is 0 Å². The minimum absolute atomic E-state index is 0.148. The highest BCUT2D eigenvalue weighted by Gasteiger charge is 2.05. The zero-order valence-corrected chi connectivity index (χ0v) is 5.91. The summed E-state index contributed by atoms with van der Waals surface area (Å²) in [6, 6.07) is 0. The Labute approximate surface area is 58.7 Å². The highest BCUT2D eigenvalue weighted by molar-refractivity contribution is 7.80. The number of hydrogen-bond acceptors (Lipinski definition) is 4. The summed E-state index contributed by atoms with van der Waals surface area (Å²) in [5.74, 6) is 0.679. The first kappa shape index (κ1) is 6.54. The highest BCUT2D eigenvalue weighted by Crippen LogP contribution is 2.12. The van der Waals surface area contributed by atoms with Crippen molar-refractivity contribution in [2.45, 2.75) is 5.25 Å². The molecule has 1 rings (SSSR count). The molecule has 0 saturated heterocycles. The van der Waals surface area contributed by atoms with Crippen LogP contribution in [0.15, 0.2) is 0 Å². The van der Waals surface area contributed by atoms with Crippen molar-refractivity contribution in [3.63, 3.8) is 0 Å². The fourth-order valence-corrected chi connectivity index (χ4v) is 0.737. The molecule has 9 heavy (non-hydrogen) atoms. The minimum atomic E-state index is -0.148. The minimum Gasteiger partial charge on any atom is -0.232 e. The van der Waals surface area contributed by atoms with Crippen LogP contribution in [0.25, 0.3) is 0 Å². The molecule has 1 unspecified atom stereocenters. The average Bonchev–Trinajstić information content (AvgIpc) is 2.13. The fourth-order valence-electron chi connectivity index (χ4n) is 0.519. The summed E-state index contributed by atoms with van der Waals surface area (Å²) < 4.78 is 1.55. The van der Waals surface area contributed by atoms with Gasteiger partial charge in [0.05, 0.1) is 5.25 Å². The van der Waals surface area contributed by atoms with Gasteiger partial charge in [-0.05, 0) is 17.4 Å². The van der Waals surface area contributed by atoms with Gasteiger partial charge in [0, 0.05) is 7.05 Å². The van der Waals surface area contributed by atoms with E-state index < -0.39 is 0 Å². The second kappa shape index (κ2) is 2.34. The zero-order chi connectivity index (χ0) is 6.85. The molecule has 5 heteroatoms. The first-order valence-corrected chi connectivity index (χ1v) is 2.97. The molecule has 1 aromatic heterocycles. The molecule has 0 N–H and O–H groups in total. The summed E-state index contributed by atoms with van der Waals surface area (Å²) >= 11 is 4.05. The van der Waals surface area contributed by atoms with Crippen LogP contribution in [-0.4, -0.2) is 20.2 Å². The number of aryl methyl sites for hydroxylation is 1. The van der Waals surface area contributed by atoms with E-state index in [9.17, 15) is 0 Å². The summed E-state index contributed by atoms with van der Waals surface area (Å²) in [5, 5.41) is 10.6. The maximum absolute atomic E-state index is 4.05. The van der Waals surface area contributed by atoms with Gasteiger partial charge >= 0.3 is 0 Å². The molecule has 1 aromatic rings. The van der Waals surface area contributed by atoms with Crippen molar-refractivity contribution in [1.82, 2.24) is 20.2 Å². The topological polar surface area (TPSA) is 43.6 Å². The van der Waals surface area contributed by atoms with E-state index in [-0.39, 0.29) is 5.25 Å². The first-order valence-electron chi connectivity index (χ1n) is 2.45. The summed E-state index contributed by atoms with van der Waals surface area (Å²) in [6.45, 7) is 3.64. The third-order valence-corrected chi connectivity index (χ3v) is 1.18. The van der Waals surface area contributed by atoms with Crippen molar-refractivity contribution in [1.29, 1.82) is 0 Å². The van der Waals surface area contributed by atoms with E-state index in [2.05, 4.69) is 35.1 Å². The lowest BCUT2D eigenvalue weighted by Crippen LogP contribution is -1.99. The van der Waals surface area contributed by atoms with Gasteiger partial charge in [0.15, 0.2) is 5.82 Å². The Hall–Kier alpha value is -0.580. The summed E-state index contributed by atoms with van der Waals surface area (Å²) in [5.41, 5.74) is 0. The van der Waals surface area contributed by atoms with Gasteiger partial charge in [-0.2, -0.15) is 12.6 Å². The molecule has 0 fully saturated rings. The van der Waals surface area contributed by atoms with Gasteiger partial charge in [-0.25, -0.2) is 4.68 Å². The smallest absolute Gasteiger partial charge is 0.163 e. The fraction of sp³-hybridized carbons (Fsp3) is 0.500. The van der Waals surface area contributed by atoms with E-state index in [0.29, 0.717) is 5.82 Å². The van der Waals surface area contributed by atoms with E-state index in [1.807, 2.05) is 0 Å². The highest BCUT2D eigenvalue weighted by atomic mass is 32.1. The lowest BCUT2D eigenvalue weighted by atomic mass is 10.4. The first-order chi connectivity index (χ1) is 4.22. The Balaban J connectivity index is 2.94. The van der Waals surface area contributed by atoms with Gasteiger partial charge in [0.2, 0.25) is 0 Å². The average molecular weight is 143 g/mol. The third kappa shape index (κ3) is 1.21. The molecule has 1 heterocycles. The quantitative estimate of drug-likeness (QED) is 0.563. The van der Waals surface area contributed by atoms with Crippen LogP contribution < -0.4 is 0 Å². The molecule has 0 saturated carbocycles. The number of tetrazole rings is 1. The number of rotatable bonds is 1. The Kier molecular flexibility index (Phi) is 1.70. The van der Waals surface area contributed by atoms with Gasteiger partial charge < -0.3 is 0 Å². The molecule has 0 aromatic carbocycles. The van der Waals surface area contributed by atoms with Crippen molar-refractivity contribution in [3.05, 3.63) is 12.7 Å². The molecule has 0 aliphatic carbocycles. The second-order valence-electron chi connectivity index (χ2n) is 1.68. The molecule has 49 valence electrons. The number of thiol groups is 1. The molecule has 1 atom stereocenters. The van der Waals surface area contributed by atoms with Crippen LogP contribution in [-0.2, 0) is 7.05 Å². The van der Waals surface area contributed by atoms with Crippen molar-refractivity contribution >= 4 is 12.6 Å². The van der Waals surface area contributed by atoms with Gasteiger partial charge in [-0.3, -0.25) is 0 Å². The number of aromatic nitrogens is 4. The zero-order valence-electron chi connectivity index (χ0n) is 5.02. The molecule has 0 amide bonds. The maximum atomic E-state index is 4.05. The molecule has 0 bridgehead atoms. The number of nitrogens with zero attached hydrogens (tertiary/aromatic N) is 4. The summed E-state index contributed by atoms with van der Waals surface area (Å²) in [6.07, 6.45) is 0. The lowest BCUT2D eigenvalue weighted by molar-refractivity contribution is 0.686. The van der Waals surface area contributed by atoms with Gasteiger partial charge in [0.1, 0.15) is 0 Å². The van der Waals surface area contributed by atoms with Crippen molar-refractivity contribution in [3.8, 4) is 0 Å². The predicted octanol–water partition coefficient (Wildman–Crippen LogP) is 0.0151. The molecular formula is C4H7N4S.